The summed E-state index contributed by atoms with van der Waals surface area (Å²) in [4.78, 5) is 13.6. The van der Waals surface area contributed by atoms with Gasteiger partial charge in [0.2, 0.25) is 0 Å². The Labute approximate surface area is 197 Å². The highest BCUT2D eigenvalue weighted by atomic mass is 32.2. The number of carbonyl (C=O) groups is 1. The van der Waals surface area contributed by atoms with Gasteiger partial charge >= 0.3 is 5.97 Å². The van der Waals surface area contributed by atoms with E-state index in [9.17, 15) is 17.8 Å². The van der Waals surface area contributed by atoms with Crippen LogP contribution in [0, 0.1) is 5.41 Å². The third-order valence-corrected chi connectivity index (χ3v) is 8.33. The van der Waals surface area contributed by atoms with Gasteiger partial charge in [-0.3, -0.25) is 9.35 Å². The highest BCUT2D eigenvalue weighted by molar-refractivity contribution is 7.86. The van der Waals surface area contributed by atoms with Crippen molar-refractivity contribution in [1.29, 1.82) is 0 Å². The van der Waals surface area contributed by atoms with Gasteiger partial charge in [0.25, 0.3) is 10.1 Å². The van der Waals surface area contributed by atoms with E-state index in [1.807, 2.05) is 31.2 Å². The molecule has 1 unspecified atom stereocenters. The minimum Gasteiger partial charge on any atom is -0.425 e. The second-order valence-corrected chi connectivity index (χ2v) is 10.7. The summed E-state index contributed by atoms with van der Waals surface area (Å²) in [7, 11) is -4.42. The smallest absolute Gasteiger partial charge is 0.318 e. The molecule has 4 aromatic carbocycles. The second-order valence-electron chi connectivity index (χ2n) is 9.34. The summed E-state index contributed by atoms with van der Waals surface area (Å²) in [6.07, 6.45) is 0.631. The molecule has 0 radical (unpaired) electrons. The zero-order chi connectivity index (χ0) is 23.7. The molecule has 1 atom stereocenters. The SMILES string of the molecule is CC1(C(=O)Oc2ccc(S(=O)(=O)O)c3ccccc23)CC2c3ccccc3C1c1ccccc12. The van der Waals surface area contributed by atoms with Crippen molar-refractivity contribution in [1.82, 2.24) is 0 Å². The van der Waals surface area contributed by atoms with Crippen molar-refractivity contribution < 1.29 is 22.5 Å². The lowest BCUT2D eigenvalue weighted by atomic mass is 9.53. The Balaban J connectivity index is 1.45. The fourth-order valence-corrected chi connectivity index (χ4v) is 6.64. The first-order valence-corrected chi connectivity index (χ1v) is 12.6. The van der Waals surface area contributed by atoms with Gasteiger partial charge in [0.1, 0.15) is 10.6 Å². The summed E-state index contributed by atoms with van der Waals surface area (Å²) in [5, 5.41) is 0.762. The molecule has 5 nitrogen and oxygen atoms in total. The molecule has 0 heterocycles. The maximum Gasteiger partial charge on any atom is 0.318 e. The standard InChI is InChI=1S/C28H22O5S/c1-28(16-23-17-8-2-6-12-21(17)26(28)22-13-7-3-9-18(22)23)27(29)33-24-14-15-25(34(30,31)32)20-11-5-4-10-19(20)24/h2-15,23,26H,16H2,1H3,(H,30,31,32). The molecule has 0 aromatic heterocycles. The van der Waals surface area contributed by atoms with E-state index in [2.05, 4.69) is 24.3 Å². The van der Waals surface area contributed by atoms with Crippen molar-refractivity contribution in [2.24, 2.45) is 5.41 Å². The Morgan fingerprint density at radius 1 is 0.824 bits per heavy atom. The summed E-state index contributed by atoms with van der Waals surface area (Å²) < 4.78 is 39.3. The van der Waals surface area contributed by atoms with Crippen LogP contribution in [0.2, 0.25) is 0 Å². The van der Waals surface area contributed by atoms with Crippen molar-refractivity contribution in [3.63, 3.8) is 0 Å². The lowest BCUT2D eigenvalue weighted by Crippen LogP contribution is -2.46. The highest BCUT2D eigenvalue weighted by Crippen LogP contribution is 2.61. The molecular formula is C28H22O5S. The van der Waals surface area contributed by atoms with E-state index < -0.39 is 15.5 Å². The van der Waals surface area contributed by atoms with Crippen molar-refractivity contribution in [3.05, 3.63) is 107 Å². The number of carbonyl (C=O) groups excluding carboxylic acids is 1. The average Bonchev–Trinajstić information content (AvgIpc) is 2.83. The van der Waals surface area contributed by atoms with Crippen LogP contribution < -0.4 is 4.74 Å². The monoisotopic (exact) mass is 470 g/mol. The number of ether oxygens (including phenoxy) is 1. The molecule has 3 aliphatic rings. The van der Waals surface area contributed by atoms with Crippen LogP contribution in [-0.2, 0) is 14.9 Å². The Kier molecular flexibility index (Phi) is 4.50. The van der Waals surface area contributed by atoms with Gasteiger partial charge in [0.15, 0.2) is 0 Å². The van der Waals surface area contributed by atoms with Crippen LogP contribution in [0.5, 0.6) is 5.75 Å². The number of benzene rings is 4. The molecule has 0 amide bonds. The summed E-state index contributed by atoms with van der Waals surface area (Å²) in [6.45, 7) is 1.97. The number of rotatable bonds is 3. The number of hydrogen-bond donors (Lipinski definition) is 1. The molecule has 0 saturated heterocycles. The predicted octanol–water partition coefficient (Wildman–Crippen LogP) is 5.68. The molecule has 6 heteroatoms. The maximum atomic E-state index is 13.8. The number of fused-ring (bicyclic) bond motifs is 2. The molecule has 0 fully saturated rings. The Morgan fingerprint density at radius 2 is 1.35 bits per heavy atom. The molecule has 170 valence electrons. The first kappa shape index (κ1) is 21.1. The molecular weight excluding hydrogens is 448 g/mol. The lowest BCUT2D eigenvalue weighted by Gasteiger charge is -2.50. The molecule has 7 rings (SSSR count). The van der Waals surface area contributed by atoms with Crippen LogP contribution in [0.4, 0.5) is 0 Å². The van der Waals surface area contributed by atoms with Gasteiger partial charge < -0.3 is 4.74 Å². The van der Waals surface area contributed by atoms with Gasteiger partial charge in [-0.15, -0.1) is 0 Å². The largest absolute Gasteiger partial charge is 0.425 e. The molecule has 0 saturated carbocycles. The van der Waals surface area contributed by atoms with E-state index in [1.165, 1.54) is 23.3 Å². The van der Waals surface area contributed by atoms with Gasteiger partial charge in [-0.2, -0.15) is 8.42 Å². The van der Waals surface area contributed by atoms with Crippen molar-refractivity contribution in [2.75, 3.05) is 0 Å². The summed E-state index contributed by atoms with van der Waals surface area (Å²) in [6, 6.07) is 26.0. The van der Waals surface area contributed by atoms with Gasteiger partial charge in [0, 0.05) is 22.6 Å². The number of hydrogen-bond acceptors (Lipinski definition) is 4. The van der Waals surface area contributed by atoms with E-state index >= 15 is 0 Å². The Morgan fingerprint density at radius 3 is 1.94 bits per heavy atom. The topological polar surface area (TPSA) is 80.7 Å². The van der Waals surface area contributed by atoms with E-state index in [-0.39, 0.29) is 28.5 Å². The van der Waals surface area contributed by atoms with Crippen LogP contribution >= 0.6 is 0 Å². The predicted molar refractivity (Wildman–Crippen MR) is 129 cm³/mol. The Hall–Kier alpha value is -3.48. The first-order chi connectivity index (χ1) is 16.3. The van der Waals surface area contributed by atoms with Crippen molar-refractivity contribution >= 4 is 26.9 Å². The van der Waals surface area contributed by atoms with Crippen LogP contribution in [0.15, 0.2) is 89.8 Å². The second kappa shape index (κ2) is 7.26. The zero-order valence-corrected chi connectivity index (χ0v) is 19.2. The molecule has 0 spiro atoms. The van der Waals surface area contributed by atoms with Crippen LogP contribution in [0.3, 0.4) is 0 Å². The summed E-state index contributed by atoms with van der Waals surface area (Å²) in [5.74, 6) is -0.108. The maximum absolute atomic E-state index is 13.8. The molecule has 2 bridgehead atoms. The fourth-order valence-electron chi connectivity index (χ4n) is 5.94. The van der Waals surface area contributed by atoms with Crippen molar-refractivity contribution in [3.8, 4) is 5.75 Å². The quantitative estimate of drug-likeness (QED) is 0.237. The van der Waals surface area contributed by atoms with E-state index in [1.54, 1.807) is 24.3 Å². The average molecular weight is 471 g/mol. The molecule has 34 heavy (non-hydrogen) atoms. The molecule has 3 aliphatic carbocycles. The zero-order valence-electron chi connectivity index (χ0n) is 18.4. The minimum absolute atomic E-state index is 0.105. The van der Waals surface area contributed by atoms with Crippen LogP contribution in [0.1, 0.15) is 47.4 Å². The summed E-state index contributed by atoms with van der Waals surface area (Å²) >= 11 is 0. The van der Waals surface area contributed by atoms with Gasteiger partial charge in [0.05, 0.1) is 5.41 Å². The van der Waals surface area contributed by atoms with Gasteiger partial charge in [-0.1, -0.05) is 72.8 Å². The fraction of sp³-hybridized carbons (Fsp3) is 0.179. The summed E-state index contributed by atoms with van der Waals surface area (Å²) in [5.41, 5.74) is 4.04. The lowest BCUT2D eigenvalue weighted by molar-refractivity contribution is -0.147. The molecule has 4 aromatic rings. The highest BCUT2D eigenvalue weighted by Gasteiger charge is 2.55. The third kappa shape index (κ3) is 2.95. The van der Waals surface area contributed by atoms with E-state index in [0.717, 1.165) is 11.1 Å². The van der Waals surface area contributed by atoms with Crippen molar-refractivity contribution in [2.45, 2.75) is 30.1 Å². The van der Waals surface area contributed by atoms with Crippen LogP contribution in [0.25, 0.3) is 10.8 Å². The van der Waals surface area contributed by atoms with Gasteiger partial charge in [-0.25, -0.2) is 0 Å². The molecule has 1 N–H and O–H groups in total. The van der Waals surface area contributed by atoms with E-state index in [0.29, 0.717) is 17.2 Å². The first-order valence-electron chi connectivity index (χ1n) is 11.2. The third-order valence-electron chi connectivity index (χ3n) is 7.42. The minimum atomic E-state index is -4.42. The normalized spacial score (nSPS) is 22.8. The number of esters is 1. The van der Waals surface area contributed by atoms with Crippen LogP contribution in [-0.4, -0.2) is 18.9 Å². The van der Waals surface area contributed by atoms with Gasteiger partial charge in [-0.05, 0) is 47.7 Å². The van der Waals surface area contributed by atoms with E-state index in [4.69, 9.17) is 4.74 Å². The Bertz CT molecular complexity index is 1540. The molecule has 0 aliphatic heterocycles.